The Balaban J connectivity index is 1.30. The topological polar surface area (TPSA) is 112 Å². The molecule has 9 nitrogen and oxygen atoms in total. The zero-order valence-corrected chi connectivity index (χ0v) is 26.7. The molecule has 2 saturated heterocycles. The molecule has 2 aliphatic heterocycles. The van der Waals surface area contributed by atoms with E-state index >= 15 is 0 Å². The highest BCUT2D eigenvalue weighted by Gasteiger charge is 2.33. The van der Waals surface area contributed by atoms with E-state index in [0.717, 1.165) is 45.2 Å². The second-order valence-electron chi connectivity index (χ2n) is 11.9. The van der Waals surface area contributed by atoms with Crippen molar-refractivity contribution in [1.82, 2.24) is 14.1 Å². The fourth-order valence-electron chi connectivity index (χ4n) is 5.85. The minimum absolute atomic E-state index is 0.0389. The summed E-state index contributed by atoms with van der Waals surface area (Å²) < 4.78 is 74.9. The third-order valence-corrected chi connectivity index (χ3v) is 12.9. The smallest absolute Gasteiger partial charge is 0.211 e. The first-order valence-electron chi connectivity index (χ1n) is 14.2. The SMILES string of the molecule is CC1(CCS(=O)(=O)c2ccc(S(C)(=O)=O)cc2)CCN(CCC(c2ccccc2)N2CCN(S(C)(=O)=O)CC2)CC1. The van der Waals surface area contributed by atoms with Crippen molar-refractivity contribution in [3.8, 4) is 0 Å². The molecular formula is C29H43N3O6S3. The van der Waals surface area contributed by atoms with Gasteiger partial charge in [-0.25, -0.2) is 25.3 Å². The van der Waals surface area contributed by atoms with Crippen molar-refractivity contribution >= 4 is 29.7 Å². The van der Waals surface area contributed by atoms with Gasteiger partial charge in [-0.1, -0.05) is 37.3 Å². The molecular weight excluding hydrogens is 583 g/mol. The van der Waals surface area contributed by atoms with Crippen molar-refractivity contribution in [3.05, 3.63) is 60.2 Å². The van der Waals surface area contributed by atoms with Crippen LogP contribution in [0.15, 0.2) is 64.4 Å². The minimum Gasteiger partial charge on any atom is -0.303 e. The van der Waals surface area contributed by atoms with Crippen LogP contribution in [0, 0.1) is 5.41 Å². The molecule has 0 aliphatic carbocycles. The van der Waals surface area contributed by atoms with E-state index in [0.29, 0.717) is 32.6 Å². The number of benzene rings is 2. The van der Waals surface area contributed by atoms with Gasteiger partial charge in [-0.3, -0.25) is 4.90 Å². The van der Waals surface area contributed by atoms with Gasteiger partial charge in [0.1, 0.15) is 0 Å². The lowest BCUT2D eigenvalue weighted by Crippen LogP contribution is -2.49. The van der Waals surface area contributed by atoms with E-state index in [9.17, 15) is 25.3 Å². The van der Waals surface area contributed by atoms with E-state index in [1.54, 1.807) is 4.31 Å². The summed E-state index contributed by atoms with van der Waals surface area (Å²) in [4.78, 5) is 5.14. The van der Waals surface area contributed by atoms with Crippen LogP contribution in [0.1, 0.15) is 44.2 Å². The highest BCUT2D eigenvalue weighted by atomic mass is 32.2. The maximum absolute atomic E-state index is 13.0. The molecule has 0 bridgehead atoms. The molecule has 12 heteroatoms. The van der Waals surface area contributed by atoms with Gasteiger partial charge in [-0.05, 0) is 80.6 Å². The van der Waals surface area contributed by atoms with Gasteiger partial charge in [0, 0.05) is 38.5 Å². The summed E-state index contributed by atoms with van der Waals surface area (Å²) in [6, 6.07) is 16.1. The summed E-state index contributed by atoms with van der Waals surface area (Å²) >= 11 is 0. The molecule has 0 radical (unpaired) electrons. The van der Waals surface area contributed by atoms with E-state index in [2.05, 4.69) is 41.0 Å². The summed E-state index contributed by atoms with van der Waals surface area (Å²) in [5.74, 6) is 0.0389. The monoisotopic (exact) mass is 625 g/mol. The summed E-state index contributed by atoms with van der Waals surface area (Å²) in [6.07, 6.45) is 5.71. The molecule has 0 spiro atoms. The average Bonchev–Trinajstić information content (AvgIpc) is 2.93. The molecule has 228 valence electrons. The number of likely N-dealkylation sites (tertiary alicyclic amines) is 1. The van der Waals surface area contributed by atoms with E-state index in [-0.39, 0.29) is 27.0 Å². The molecule has 2 aromatic rings. The van der Waals surface area contributed by atoms with Crippen molar-refractivity contribution in [3.63, 3.8) is 0 Å². The predicted octanol–water partition coefficient (Wildman–Crippen LogP) is 3.06. The minimum atomic E-state index is -3.51. The molecule has 2 heterocycles. The molecule has 0 N–H and O–H groups in total. The number of hydrogen-bond acceptors (Lipinski definition) is 8. The summed E-state index contributed by atoms with van der Waals surface area (Å²) in [5, 5.41) is 0. The molecule has 0 amide bonds. The van der Waals surface area contributed by atoms with Crippen LogP contribution >= 0.6 is 0 Å². The van der Waals surface area contributed by atoms with Crippen molar-refractivity contribution < 1.29 is 25.3 Å². The largest absolute Gasteiger partial charge is 0.303 e. The summed E-state index contributed by atoms with van der Waals surface area (Å²) in [7, 11) is -10.1. The average molecular weight is 626 g/mol. The Morgan fingerprint density at radius 2 is 1.32 bits per heavy atom. The zero-order valence-electron chi connectivity index (χ0n) is 24.3. The number of piperazine rings is 1. The van der Waals surface area contributed by atoms with Crippen LogP contribution < -0.4 is 0 Å². The lowest BCUT2D eigenvalue weighted by Gasteiger charge is -2.42. The maximum atomic E-state index is 13.0. The summed E-state index contributed by atoms with van der Waals surface area (Å²) in [5.41, 5.74) is 1.17. The molecule has 1 unspecified atom stereocenters. The lowest BCUT2D eigenvalue weighted by atomic mass is 9.78. The van der Waals surface area contributed by atoms with Gasteiger partial charge in [0.05, 0.1) is 21.8 Å². The standard InChI is InChI=1S/C29H43N3O6S3/c1-29(16-24-41(37,38)27-11-9-26(10-12-27)39(2,33)34)14-18-30(19-15-29)17-13-28(25-7-5-4-6-8-25)31-20-22-32(23-21-31)40(3,35)36/h4-12,28H,13-24H2,1-3H3. The van der Waals surface area contributed by atoms with E-state index in [4.69, 9.17) is 0 Å². The maximum Gasteiger partial charge on any atom is 0.211 e. The van der Waals surface area contributed by atoms with Crippen molar-refractivity contribution in [2.24, 2.45) is 5.41 Å². The third-order valence-electron chi connectivity index (χ3n) is 8.73. The van der Waals surface area contributed by atoms with Gasteiger partial charge in [0.2, 0.25) is 10.0 Å². The van der Waals surface area contributed by atoms with Gasteiger partial charge in [0.25, 0.3) is 0 Å². The molecule has 0 aromatic heterocycles. The number of piperidine rings is 1. The highest BCUT2D eigenvalue weighted by molar-refractivity contribution is 7.91. The van der Waals surface area contributed by atoms with Crippen LogP contribution in [0.25, 0.3) is 0 Å². The molecule has 4 rings (SSSR count). The number of nitrogens with zero attached hydrogens (tertiary/aromatic N) is 3. The first kappa shape index (κ1) is 32.1. The van der Waals surface area contributed by atoms with Crippen molar-refractivity contribution in [2.75, 3.05) is 64.1 Å². The normalized spacial score (nSPS) is 20.6. The van der Waals surface area contributed by atoms with E-state index < -0.39 is 29.7 Å². The van der Waals surface area contributed by atoms with Gasteiger partial charge in [-0.15, -0.1) is 0 Å². The first-order valence-corrected chi connectivity index (χ1v) is 19.5. The molecule has 2 aliphatic rings. The van der Waals surface area contributed by atoms with Crippen LogP contribution in [0.3, 0.4) is 0 Å². The second kappa shape index (κ2) is 12.8. The molecule has 2 fully saturated rings. The number of sulfonamides is 1. The van der Waals surface area contributed by atoms with Gasteiger partial charge in [-0.2, -0.15) is 4.31 Å². The van der Waals surface area contributed by atoms with Crippen molar-refractivity contribution in [2.45, 2.75) is 48.4 Å². The first-order chi connectivity index (χ1) is 19.2. The molecule has 1 atom stereocenters. The number of rotatable bonds is 11. The Labute approximate surface area is 246 Å². The van der Waals surface area contributed by atoms with Crippen LogP contribution in [0.4, 0.5) is 0 Å². The number of hydrogen-bond donors (Lipinski definition) is 0. The lowest BCUT2D eigenvalue weighted by molar-refractivity contribution is 0.0894. The zero-order chi connectivity index (χ0) is 29.9. The van der Waals surface area contributed by atoms with Crippen molar-refractivity contribution in [1.29, 1.82) is 0 Å². The van der Waals surface area contributed by atoms with Gasteiger partial charge >= 0.3 is 0 Å². The second-order valence-corrected chi connectivity index (χ2v) is 18.0. The molecule has 2 aromatic carbocycles. The van der Waals surface area contributed by atoms with Crippen LogP contribution in [-0.2, 0) is 29.7 Å². The Bertz CT molecular complexity index is 1480. The van der Waals surface area contributed by atoms with Crippen LogP contribution in [0.5, 0.6) is 0 Å². The third kappa shape index (κ3) is 8.61. The number of sulfone groups is 2. The molecule has 0 saturated carbocycles. The van der Waals surface area contributed by atoms with E-state index in [1.807, 2.05) is 6.07 Å². The quantitative estimate of drug-likeness (QED) is 0.375. The highest BCUT2D eigenvalue weighted by Crippen LogP contribution is 2.36. The Kier molecular flexibility index (Phi) is 10.0. The molecule has 41 heavy (non-hydrogen) atoms. The predicted molar refractivity (Wildman–Crippen MR) is 162 cm³/mol. The summed E-state index contributed by atoms with van der Waals surface area (Å²) in [6.45, 7) is 7.33. The van der Waals surface area contributed by atoms with Crippen LogP contribution in [-0.4, -0.2) is 103 Å². The van der Waals surface area contributed by atoms with Gasteiger partial charge in [0.15, 0.2) is 19.7 Å². The fraction of sp³-hybridized carbons (Fsp3) is 0.586. The van der Waals surface area contributed by atoms with Gasteiger partial charge < -0.3 is 4.90 Å². The Morgan fingerprint density at radius 1 is 0.756 bits per heavy atom. The van der Waals surface area contributed by atoms with Crippen LogP contribution in [0.2, 0.25) is 0 Å². The fourth-order valence-corrected chi connectivity index (χ4v) is 8.85. The van der Waals surface area contributed by atoms with E-state index in [1.165, 1.54) is 36.1 Å². The Morgan fingerprint density at radius 3 is 1.85 bits per heavy atom. The Hall–Kier alpha value is -1.83.